The van der Waals surface area contributed by atoms with Crippen molar-refractivity contribution in [1.29, 1.82) is 0 Å². The zero-order valence-electron chi connectivity index (χ0n) is 9.72. The molecule has 2 aromatic rings. The molecule has 98 valence electrons. The first kappa shape index (κ1) is 13.5. The molecular formula is C11H8Cl2N4O2. The van der Waals surface area contributed by atoms with Gasteiger partial charge in [0.2, 0.25) is 16.3 Å². The molecule has 0 unspecified atom stereocenters. The second kappa shape index (κ2) is 5.81. The van der Waals surface area contributed by atoms with Crippen LogP contribution in [0, 0.1) is 0 Å². The molecule has 0 atom stereocenters. The standard InChI is InChI=1S/C11H8Cl2N4O2/c1-6(18)14-7-4-2-3-5-8(7)19-10-9(12)16-17-11(13)15-10/h2-5H,1H3,(H,14,18). The van der Waals surface area contributed by atoms with Gasteiger partial charge in [0.1, 0.15) is 0 Å². The smallest absolute Gasteiger partial charge is 0.262 e. The third-order valence-electron chi connectivity index (χ3n) is 1.99. The number of anilines is 1. The number of hydrogen-bond acceptors (Lipinski definition) is 5. The Morgan fingerprint density at radius 3 is 2.74 bits per heavy atom. The minimum Gasteiger partial charge on any atom is -0.434 e. The molecule has 8 heteroatoms. The predicted molar refractivity (Wildman–Crippen MR) is 70.7 cm³/mol. The number of para-hydroxylation sites is 2. The molecule has 0 saturated heterocycles. The second-order valence-corrected chi connectivity index (χ2v) is 4.15. The molecule has 1 aromatic carbocycles. The van der Waals surface area contributed by atoms with E-state index in [1.807, 2.05) is 0 Å². The summed E-state index contributed by atoms with van der Waals surface area (Å²) in [4.78, 5) is 14.9. The van der Waals surface area contributed by atoms with E-state index in [1.165, 1.54) is 6.92 Å². The number of halogens is 2. The molecule has 2 rings (SSSR count). The van der Waals surface area contributed by atoms with Crippen molar-refractivity contribution < 1.29 is 9.53 Å². The number of benzene rings is 1. The third kappa shape index (κ3) is 3.52. The fourth-order valence-corrected chi connectivity index (χ4v) is 1.53. The summed E-state index contributed by atoms with van der Waals surface area (Å²) in [6.45, 7) is 1.40. The molecule has 0 spiro atoms. The van der Waals surface area contributed by atoms with Crippen LogP contribution in [0.2, 0.25) is 10.4 Å². The highest BCUT2D eigenvalue weighted by Gasteiger charge is 2.11. The van der Waals surface area contributed by atoms with Crippen LogP contribution in [-0.2, 0) is 4.79 Å². The Labute approximate surface area is 118 Å². The first-order valence-electron chi connectivity index (χ1n) is 5.16. The average Bonchev–Trinajstić information content (AvgIpc) is 2.35. The van der Waals surface area contributed by atoms with Crippen molar-refractivity contribution >= 4 is 34.8 Å². The maximum absolute atomic E-state index is 11.1. The number of aromatic nitrogens is 3. The molecule has 1 amide bonds. The van der Waals surface area contributed by atoms with Crippen molar-refractivity contribution in [1.82, 2.24) is 15.2 Å². The maximum Gasteiger partial charge on any atom is 0.262 e. The van der Waals surface area contributed by atoms with Crippen LogP contribution < -0.4 is 10.1 Å². The number of amides is 1. The summed E-state index contributed by atoms with van der Waals surface area (Å²) in [6.07, 6.45) is 0. The Bertz CT molecular complexity index is 621. The molecule has 6 nitrogen and oxygen atoms in total. The van der Waals surface area contributed by atoms with E-state index in [4.69, 9.17) is 27.9 Å². The van der Waals surface area contributed by atoms with E-state index in [1.54, 1.807) is 24.3 Å². The van der Waals surface area contributed by atoms with Crippen LogP contribution in [0.3, 0.4) is 0 Å². The highest BCUT2D eigenvalue weighted by Crippen LogP contribution is 2.31. The first-order valence-corrected chi connectivity index (χ1v) is 5.92. The molecule has 0 fully saturated rings. The van der Waals surface area contributed by atoms with Crippen LogP contribution >= 0.6 is 23.2 Å². The molecule has 0 aliphatic heterocycles. The van der Waals surface area contributed by atoms with Crippen molar-refractivity contribution in [2.24, 2.45) is 0 Å². The van der Waals surface area contributed by atoms with Crippen molar-refractivity contribution in [3.8, 4) is 11.6 Å². The van der Waals surface area contributed by atoms with E-state index in [2.05, 4.69) is 20.5 Å². The second-order valence-electron chi connectivity index (χ2n) is 3.46. The molecule has 0 bridgehead atoms. The highest BCUT2D eigenvalue weighted by molar-refractivity contribution is 6.31. The minimum absolute atomic E-state index is 0.0134. The van der Waals surface area contributed by atoms with Gasteiger partial charge in [-0.05, 0) is 23.7 Å². The Kier molecular flexibility index (Phi) is 4.13. The molecule has 0 aliphatic rings. The third-order valence-corrected chi connectivity index (χ3v) is 2.39. The van der Waals surface area contributed by atoms with E-state index in [-0.39, 0.29) is 22.2 Å². The highest BCUT2D eigenvalue weighted by atomic mass is 35.5. The molecule has 0 radical (unpaired) electrons. The number of nitrogens with one attached hydrogen (secondary N) is 1. The van der Waals surface area contributed by atoms with Gasteiger partial charge < -0.3 is 10.1 Å². The van der Waals surface area contributed by atoms with Gasteiger partial charge in [-0.15, -0.1) is 10.2 Å². The van der Waals surface area contributed by atoms with Gasteiger partial charge in [0.05, 0.1) is 5.69 Å². The monoisotopic (exact) mass is 298 g/mol. The summed E-state index contributed by atoms with van der Waals surface area (Å²) >= 11 is 11.4. The van der Waals surface area contributed by atoms with Gasteiger partial charge in [0.15, 0.2) is 5.75 Å². The van der Waals surface area contributed by atoms with E-state index in [9.17, 15) is 4.79 Å². The van der Waals surface area contributed by atoms with Crippen LogP contribution in [0.5, 0.6) is 11.6 Å². The molecule has 19 heavy (non-hydrogen) atoms. The number of carbonyl (C=O) groups is 1. The summed E-state index contributed by atoms with van der Waals surface area (Å²) in [7, 11) is 0. The molecule has 0 saturated carbocycles. The van der Waals surface area contributed by atoms with Crippen molar-refractivity contribution in [3.63, 3.8) is 0 Å². The fraction of sp³-hybridized carbons (Fsp3) is 0.0909. The minimum atomic E-state index is -0.221. The van der Waals surface area contributed by atoms with Gasteiger partial charge in [0, 0.05) is 6.92 Å². The lowest BCUT2D eigenvalue weighted by Gasteiger charge is -2.10. The topological polar surface area (TPSA) is 77.0 Å². The van der Waals surface area contributed by atoms with Gasteiger partial charge in [-0.25, -0.2) is 0 Å². The van der Waals surface area contributed by atoms with Crippen LogP contribution in [0.25, 0.3) is 0 Å². The Morgan fingerprint density at radius 2 is 2.00 bits per heavy atom. The van der Waals surface area contributed by atoms with Gasteiger partial charge in [-0.3, -0.25) is 4.79 Å². The molecule has 1 aromatic heterocycles. The molecular weight excluding hydrogens is 291 g/mol. The zero-order valence-corrected chi connectivity index (χ0v) is 11.2. The Morgan fingerprint density at radius 1 is 1.26 bits per heavy atom. The SMILES string of the molecule is CC(=O)Nc1ccccc1Oc1nc(Cl)nnc1Cl. The first-order chi connectivity index (χ1) is 9.06. The maximum atomic E-state index is 11.1. The van der Waals surface area contributed by atoms with E-state index in [0.717, 1.165) is 0 Å². The van der Waals surface area contributed by atoms with Crippen LogP contribution in [0.1, 0.15) is 6.92 Å². The number of hydrogen-bond donors (Lipinski definition) is 1. The van der Waals surface area contributed by atoms with Gasteiger partial charge >= 0.3 is 0 Å². The lowest BCUT2D eigenvalue weighted by atomic mass is 10.3. The normalized spacial score (nSPS) is 10.1. The number of nitrogens with zero attached hydrogens (tertiary/aromatic N) is 3. The van der Waals surface area contributed by atoms with E-state index in [0.29, 0.717) is 11.4 Å². The van der Waals surface area contributed by atoms with Crippen LogP contribution in [0.15, 0.2) is 24.3 Å². The van der Waals surface area contributed by atoms with Crippen LogP contribution in [-0.4, -0.2) is 21.1 Å². The van der Waals surface area contributed by atoms with Gasteiger partial charge in [-0.1, -0.05) is 23.7 Å². The summed E-state index contributed by atoms with van der Waals surface area (Å²) in [5.41, 5.74) is 0.487. The number of rotatable bonds is 3. The van der Waals surface area contributed by atoms with Gasteiger partial charge in [0.25, 0.3) is 5.88 Å². The molecule has 1 heterocycles. The molecule has 0 aliphatic carbocycles. The van der Waals surface area contributed by atoms with Crippen molar-refractivity contribution in [2.45, 2.75) is 6.92 Å². The average molecular weight is 299 g/mol. The predicted octanol–water partition coefficient (Wildman–Crippen LogP) is 2.93. The quantitative estimate of drug-likeness (QED) is 0.943. The van der Waals surface area contributed by atoms with Gasteiger partial charge in [-0.2, -0.15) is 4.98 Å². The van der Waals surface area contributed by atoms with E-state index >= 15 is 0 Å². The van der Waals surface area contributed by atoms with E-state index < -0.39 is 0 Å². The van der Waals surface area contributed by atoms with Crippen LogP contribution in [0.4, 0.5) is 5.69 Å². The lowest BCUT2D eigenvalue weighted by molar-refractivity contribution is -0.114. The summed E-state index contributed by atoms with van der Waals surface area (Å²) < 4.78 is 5.48. The fourth-order valence-electron chi connectivity index (χ4n) is 1.30. The summed E-state index contributed by atoms with van der Waals surface area (Å²) in [5.74, 6) is 0.164. The Hall–Kier alpha value is -1.92. The summed E-state index contributed by atoms with van der Waals surface area (Å²) in [6, 6.07) is 6.83. The molecule has 1 N–H and O–H groups in total. The number of carbonyl (C=O) groups excluding carboxylic acids is 1. The van der Waals surface area contributed by atoms with Crippen molar-refractivity contribution in [3.05, 3.63) is 34.7 Å². The Balaban J connectivity index is 2.32. The number of ether oxygens (including phenoxy) is 1. The summed E-state index contributed by atoms with van der Waals surface area (Å²) in [5, 5.41) is 9.56. The zero-order chi connectivity index (χ0) is 13.8. The largest absolute Gasteiger partial charge is 0.434 e. The lowest BCUT2D eigenvalue weighted by Crippen LogP contribution is -2.07. The van der Waals surface area contributed by atoms with Crippen molar-refractivity contribution in [2.75, 3.05) is 5.32 Å².